The molecule has 0 aromatic heterocycles. The van der Waals surface area contributed by atoms with Crippen LogP contribution in [0.15, 0.2) is 51.4 Å². The molecule has 0 radical (unpaired) electrons. The molecule has 4 nitrogen and oxygen atoms in total. The summed E-state index contributed by atoms with van der Waals surface area (Å²) >= 11 is 6.61. The topological polar surface area (TPSA) is 69.6 Å². The predicted molar refractivity (Wildman–Crippen MR) is 91.9 cm³/mol. The van der Waals surface area contributed by atoms with Gasteiger partial charge in [0.05, 0.1) is 4.47 Å². The van der Waals surface area contributed by atoms with E-state index in [1.54, 1.807) is 12.1 Å². The molecule has 2 rings (SSSR count). The molecule has 0 saturated carbocycles. The molecule has 0 fully saturated rings. The lowest BCUT2D eigenvalue weighted by atomic mass is 10.1. The van der Waals surface area contributed by atoms with Crippen LogP contribution in [0.1, 0.15) is 11.1 Å². The lowest BCUT2D eigenvalue weighted by molar-refractivity contribution is -0.139. The Hall–Kier alpha value is -1.37. The average molecular weight is 429 g/mol. The quantitative estimate of drug-likeness (QED) is 0.656. The van der Waals surface area contributed by atoms with Gasteiger partial charge in [-0.3, -0.25) is 10.1 Å². The Labute approximate surface area is 145 Å². The summed E-state index contributed by atoms with van der Waals surface area (Å²) in [5.41, 5.74) is 1.57. The SMILES string of the molecule is O=C(O)[C@@H](Cc1ccccc1)NCc1cc(Br)cc(Br)c1O. The Morgan fingerprint density at radius 2 is 1.86 bits per heavy atom. The van der Waals surface area contributed by atoms with Gasteiger partial charge in [0.2, 0.25) is 0 Å². The number of hydrogen-bond donors (Lipinski definition) is 3. The first-order valence-electron chi connectivity index (χ1n) is 6.64. The smallest absolute Gasteiger partial charge is 0.321 e. The number of carboxylic acids is 1. The maximum absolute atomic E-state index is 11.4. The lowest BCUT2D eigenvalue weighted by Gasteiger charge is -2.16. The van der Waals surface area contributed by atoms with Crippen molar-refractivity contribution >= 4 is 37.8 Å². The van der Waals surface area contributed by atoms with Gasteiger partial charge in [-0.15, -0.1) is 0 Å². The maximum atomic E-state index is 11.4. The van der Waals surface area contributed by atoms with Crippen LogP contribution in [0.3, 0.4) is 0 Å². The summed E-state index contributed by atoms with van der Waals surface area (Å²) in [4.78, 5) is 11.4. The first-order valence-corrected chi connectivity index (χ1v) is 8.23. The van der Waals surface area contributed by atoms with Crippen molar-refractivity contribution in [2.45, 2.75) is 19.0 Å². The molecule has 22 heavy (non-hydrogen) atoms. The van der Waals surface area contributed by atoms with E-state index in [9.17, 15) is 15.0 Å². The molecule has 116 valence electrons. The lowest BCUT2D eigenvalue weighted by Crippen LogP contribution is -2.38. The molecule has 0 bridgehead atoms. The second-order valence-electron chi connectivity index (χ2n) is 4.86. The van der Waals surface area contributed by atoms with E-state index in [1.165, 1.54) is 0 Å². The highest BCUT2D eigenvalue weighted by Crippen LogP contribution is 2.31. The standard InChI is InChI=1S/C16H15Br2NO3/c17-12-7-11(15(20)13(18)8-12)9-19-14(16(21)22)6-10-4-2-1-3-5-10/h1-5,7-8,14,19-20H,6,9H2,(H,21,22)/t14-/m1/s1. The van der Waals surface area contributed by atoms with E-state index >= 15 is 0 Å². The average Bonchev–Trinajstić information content (AvgIpc) is 2.48. The Bertz CT molecular complexity index is 662. The van der Waals surface area contributed by atoms with Crippen molar-refractivity contribution in [1.82, 2.24) is 5.32 Å². The number of phenols is 1. The fourth-order valence-electron chi connectivity index (χ4n) is 2.08. The van der Waals surface area contributed by atoms with Gasteiger partial charge in [0.1, 0.15) is 11.8 Å². The Kier molecular flexibility index (Phi) is 5.99. The van der Waals surface area contributed by atoms with E-state index in [1.807, 2.05) is 30.3 Å². The monoisotopic (exact) mass is 427 g/mol. The summed E-state index contributed by atoms with van der Waals surface area (Å²) < 4.78 is 1.37. The summed E-state index contributed by atoms with van der Waals surface area (Å²) in [6.07, 6.45) is 0.381. The minimum absolute atomic E-state index is 0.111. The van der Waals surface area contributed by atoms with Crippen LogP contribution in [0.5, 0.6) is 5.75 Å². The molecule has 0 aliphatic rings. The summed E-state index contributed by atoms with van der Waals surface area (Å²) in [5, 5.41) is 22.3. The van der Waals surface area contributed by atoms with Gasteiger partial charge in [0.15, 0.2) is 0 Å². The van der Waals surface area contributed by atoms with Crippen molar-refractivity contribution < 1.29 is 15.0 Å². The maximum Gasteiger partial charge on any atom is 0.321 e. The molecule has 0 amide bonds. The van der Waals surface area contributed by atoms with Crippen LogP contribution < -0.4 is 5.32 Å². The summed E-state index contributed by atoms with van der Waals surface area (Å²) in [6, 6.07) is 12.2. The van der Waals surface area contributed by atoms with E-state index in [0.29, 0.717) is 16.5 Å². The van der Waals surface area contributed by atoms with Crippen LogP contribution in [0.25, 0.3) is 0 Å². The number of nitrogens with one attached hydrogen (secondary N) is 1. The molecular weight excluding hydrogens is 414 g/mol. The molecule has 1 atom stereocenters. The highest BCUT2D eigenvalue weighted by molar-refractivity contribution is 9.11. The van der Waals surface area contributed by atoms with Crippen molar-refractivity contribution in [2.24, 2.45) is 0 Å². The van der Waals surface area contributed by atoms with Gasteiger partial charge in [0, 0.05) is 16.6 Å². The fraction of sp³-hybridized carbons (Fsp3) is 0.188. The van der Waals surface area contributed by atoms with E-state index in [4.69, 9.17) is 0 Å². The van der Waals surface area contributed by atoms with E-state index in [-0.39, 0.29) is 12.3 Å². The van der Waals surface area contributed by atoms with Crippen LogP contribution in [-0.2, 0) is 17.8 Å². The number of aliphatic carboxylic acids is 1. The molecule has 0 heterocycles. The highest BCUT2D eigenvalue weighted by Gasteiger charge is 2.18. The zero-order valence-electron chi connectivity index (χ0n) is 11.6. The number of carbonyl (C=O) groups is 1. The largest absolute Gasteiger partial charge is 0.506 e. The number of rotatable bonds is 6. The molecule has 3 N–H and O–H groups in total. The molecule has 2 aromatic carbocycles. The third kappa shape index (κ3) is 4.56. The van der Waals surface area contributed by atoms with Crippen molar-refractivity contribution in [1.29, 1.82) is 0 Å². The van der Waals surface area contributed by atoms with Gasteiger partial charge in [-0.25, -0.2) is 0 Å². The van der Waals surface area contributed by atoms with Crippen molar-refractivity contribution in [3.63, 3.8) is 0 Å². The summed E-state index contributed by atoms with van der Waals surface area (Å²) in [6.45, 7) is 0.258. The number of phenolic OH excluding ortho intramolecular Hbond substituents is 1. The predicted octanol–water partition coefficient (Wildman–Crippen LogP) is 3.70. The molecule has 6 heteroatoms. The van der Waals surface area contributed by atoms with Crippen molar-refractivity contribution in [3.05, 3.63) is 62.5 Å². The van der Waals surface area contributed by atoms with Crippen molar-refractivity contribution in [2.75, 3.05) is 0 Å². The second kappa shape index (κ2) is 7.76. The van der Waals surface area contributed by atoms with E-state index in [0.717, 1.165) is 10.0 Å². The van der Waals surface area contributed by atoms with Gasteiger partial charge < -0.3 is 10.2 Å². The Balaban J connectivity index is 2.08. The molecular formula is C16H15Br2NO3. The number of halogens is 2. The van der Waals surface area contributed by atoms with Crippen LogP contribution in [0.2, 0.25) is 0 Å². The molecule has 0 saturated heterocycles. The summed E-state index contributed by atoms with van der Waals surface area (Å²) in [7, 11) is 0. The first-order chi connectivity index (χ1) is 10.5. The Morgan fingerprint density at radius 3 is 2.50 bits per heavy atom. The number of benzene rings is 2. The fourth-order valence-corrected chi connectivity index (χ4v) is 3.40. The molecule has 0 aliphatic heterocycles. The summed E-state index contributed by atoms with van der Waals surface area (Å²) in [5.74, 6) is -0.808. The second-order valence-corrected chi connectivity index (χ2v) is 6.63. The molecule has 2 aromatic rings. The van der Waals surface area contributed by atoms with Gasteiger partial charge >= 0.3 is 5.97 Å². The molecule has 0 spiro atoms. The number of aromatic hydroxyl groups is 1. The minimum atomic E-state index is -0.919. The van der Waals surface area contributed by atoms with Crippen LogP contribution in [0.4, 0.5) is 0 Å². The van der Waals surface area contributed by atoms with Gasteiger partial charge in [-0.1, -0.05) is 46.3 Å². The first kappa shape index (κ1) is 17.0. The minimum Gasteiger partial charge on any atom is -0.506 e. The van der Waals surface area contributed by atoms with Crippen molar-refractivity contribution in [3.8, 4) is 5.75 Å². The van der Waals surface area contributed by atoms with Gasteiger partial charge in [0.25, 0.3) is 0 Å². The Morgan fingerprint density at radius 1 is 1.18 bits per heavy atom. The molecule has 0 aliphatic carbocycles. The van der Waals surface area contributed by atoms with E-state index < -0.39 is 12.0 Å². The van der Waals surface area contributed by atoms with Crippen LogP contribution in [-0.4, -0.2) is 22.2 Å². The third-order valence-electron chi connectivity index (χ3n) is 3.23. The normalized spacial score (nSPS) is 12.1. The van der Waals surface area contributed by atoms with Gasteiger partial charge in [-0.2, -0.15) is 0 Å². The molecule has 0 unspecified atom stereocenters. The third-order valence-corrected chi connectivity index (χ3v) is 4.29. The highest BCUT2D eigenvalue weighted by atomic mass is 79.9. The van der Waals surface area contributed by atoms with Crippen LogP contribution in [0, 0.1) is 0 Å². The van der Waals surface area contributed by atoms with E-state index in [2.05, 4.69) is 37.2 Å². The zero-order valence-corrected chi connectivity index (χ0v) is 14.8. The van der Waals surface area contributed by atoms with Crippen LogP contribution >= 0.6 is 31.9 Å². The number of hydrogen-bond acceptors (Lipinski definition) is 3. The zero-order chi connectivity index (χ0) is 16.1. The van der Waals surface area contributed by atoms with Gasteiger partial charge in [-0.05, 0) is 40.0 Å². The number of carboxylic acid groups (broad SMARTS) is 1.